The Hall–Kier alpha value is -3.46. The third-order valence-corrected chi connectivity index (χ3v) is 3.98. The number of nitriles is 1. The molecule has 140 valence electrons. The average molecular weight is 365 g/mol. The first-order chi connectivity index (χ1) is 13.0. The van der Waals surface area contributed by atoms with Crippen LogP contribution in [0.15, 0.2) is 54.2 Å². The van der Waals surface area contributed by atoms with E-state index in [1.54, 1.807) is 18.2 Å². The van der Waals surface area contributed by atoms with Gasteiger partial charge in [0.2, 0.25) is 0 Å². The second-order valence-electron chi connectivity index (χ2n) is 6.11. The SMILES string of the molecule is COc1ccc(OC)c(NC(=O)/C(C#N)=C\Nc2ccc(C(C)C)cc2)c1. The number of methoxy groups -OCH3 is 2. The fourth-order valence-corrected chi connectivity index (χ4v) is 2.37. The van der Waals surface area contributed by atoms with Crippen LogP contribution in [0, 0.1) is 11.3 Å². The highest BCUT2D eigenvalue weighted by Gasteiger charge is 2.13. The topological polar surface area (TPSA) is 83.4 Å². The van der Waals surface area contributed by atoms with Crippen LogP contribution < -0.4 is 20.1 Å². The molecule has 0 bridgehead atoms. The zero-order chi connectivity index (χ0) is 19.8. The number of carbonyl (C=O) groups excluding carboxylic acids is 1. The van der Waals surface area contributed by atoms with Crippen molar-refractivity contribution >= 4 is 17.3 Å². The van der Waals surface area contributed by atoms with E-state index in [2.05, 4.69) is 24.5 Å². The van der Waals surface area contributed by atoms with Gasteiger partial charge in [-0.2, -0.15) is 5.26 Å². The standard InChI is InChI=1S/C21H23N3O3/c1-14(2)15-5-7-17(8-6-15)23-13-16(12-22)21(25)24-19-11-18(26-3)9-10-20(19)27-4/h5-11,13-14,23H,1-4H3,(H,24,25)/b16-13-. The van der Waals surface area contributed by atoms with Crippen LogP contribution in [0.25, 0.3) is 0 Å². The molecule has 0 fully saturated rings. The van der Waals surface area contributed by atoms with Gasteiger partial charge in [-0.1, -0.05) is 26.0 Å². The van der Waals surface area contributed by atoms with Gasteiger partial charge in [0, 0.05) is 18.0 Å². The van der Waals surface area contributed by atoms with Gasteiger partial charge in [-0.05, 0) is 35.7 Å². The van der Waals surface area contributed by atoms with Gasteiger partial charge in [-0.3, -0.25) is 4.79 Å². The van der Waals surface area contributed by atoms with Crippen molar-refractivity contribution in [3.8, 4) is 17.6 Å². The highest BCUT2D eigenvalue weighted by atomic mass is 16.5. The van der Waals surface area contributed by atoms with Crippen LogP contribution in [0.4, 0.5) is 11.4 Å². The Bertz CT molecular complexity index is 865. The van der Waals surface area contributed by atoms with Crippen LogP contribution in [0.2, 0.25) is 0 Å². The molecule has 0 unspecified atom stereocenters. The van der Waals surface area contributed by atoms with Gasteiger partial charge in [0.05, 0.1) is 19.9 Å². The lowest BCUT2D eigenvalue weighted by molar-refractivity contribution is -0.112. The summed E-state index contributed by atoms with van der Waals surface area (Å²) in [5, 5.41) is 15.0. The van der Waals surface area contributed by atoms with Crippen LogP contribution in [0.1, 0.15) is 25.3 Å². The number of anilines is 2. The summed E-state index contributed by atoms with van der Waals surface area (Å²) >= 11 is 0. The maximum absolute atomic E-state index is 12.4. The van der Waals surface area contributed by atoms with Crippen LogP contribution in [-0.2, 0) is 4.79 Å². The maximum atomic E-state index is 12.4. The van der Waals surface area contributed by atoms with Gasteiger partial charge >= 0.3 is 0 Å². The number of ether oxygens (including phenoxy) is 2. The molecule has 0 spiro atoms. The summed E-state index contributed by atoms with van der Waals surface area (Å²) in [4.78, 5) is 12.4. The normalized spacial score (nSPS) is 10.9. The monoisotopic (exact) mass is 365 g/mol. The maximum Gasteiger partial charge on any atom is 0.267 e. The summed E-state index contributed by atoms with van der Waals surface area (Å²) in [7, 11) is 3.03. The van der Waals surface area contributed by atoms with Gasteiger partial charge < -0.3 is 20.1 Å². The highest BCUT2D eigenvalue weighted by Crippen LogP contribution is 2.29. The molecule has 2 aromatic rings. The molecule has 0 aliphatic heterocycles. The van der Waals surface area contributed by atoms with E-state index in [9.17, 15) is 10.1 Å². The van der Waals surface area contributed by atoms with E-state index in [-0.39, 0.29) is 5.57 Å². The van der Waals surface area contributed by atoms with E-state index in [0.29, 0.717) is 23.1 Å². The molecule has 0 aliphatic carbocycles. The largest absolute Gasteiger partial charge is 0.497 e. The summed E-state index contributed by atoms with van der Waals surface area (Å²) in [6.07, 6.45) is 1.38. The van der Waals surface area contributed by atoms with Crippen molar-refractivity contribution in [3.63, 3.8) is 0 Å². The van der Waals surface area contributed by atoms with Crippen molar-refractivity contribution < 1.29 is 14.3 Å². The second kappa shape index (κ2) is 9.30. The number of carbonyl (C=O) groups is 1. The van der Waals surface area contributed by atoms with E-state index in [1.165, 1.54) is 26.0 Å². The van der Waals surface area contributed by atoms with Gasteiger partial charge in [-0.25, -0.2) is 0 Å². The van der Waals surface area contributed by atoms with E-state index >= 15 is 0 Å². The minimum Gasteiger partial charge on any atom is -0.497 e. The molecule has 2 rings (SSSR count). The number of benzene rings is 2. The molecular weight excluding hydrogens is 342 g/mol. The molecule has 0 saturated carbocycles. The number of hydrogen-bond donors (Lipinski definition) is 2. The quantitative estimate of drug-likeness (QED) is 0.565. The van der Waals surface area contributed by atoms with Crippen LogP contribution in [0.5, 0.6) is 11.5 Å². The zero-order valence-corrected chi connectivity index (χ0v) is 15.9. The molecule has 0 heterocycles. The Morgan fingerprint density at radius 3 is 2.37 bits per heavy atom. The van der Waals surface area contributed by atoms with Gasteiger partial charge in [0.25, 0.3) is 5.91 Å². The third-order valence-electron chi connectivity index (χ3n) is 3.98. The fraction of sp³-hybridized carbons (Fsp3) is 0.238. The Morgan fingerprint density at radius 1 is 1.11 bits per heavy atom. The minimum absolute atomic E-state index is 0.0622. The Labute approximate surface area is 159 Å². The summed E-state index contributed by atoms with van der Waals surface area (Å²) in [6.45, 7) is 4.24. The van der Waals surface area contributed by atoms with Crippen LogP contribution in [-0.4, -0.2) is 20.1 Å². The summed E-state index contributed by atoms with van der Waals surface area (Å²) < 4.78 is 10.4. The van der Waals surface area contributed by atoms with Crippen molar-refractivity contribution in [3.05, 3.63) is 59.8 Å². The summed E-state index contributed by atoms with van der Waals surface area (Å²) in [6, 6.07) is 14.8. The molecule has 6 nitrogen and oxygen atoms in total. The molecule has 0 saturated heterocycles. The van der Waals surface area contributed by atoms with Crippen molar-refractivity contribution in [1.82, 2.24) is 0 Å². The number of nitrogens with zero attached hydrogens (tertiary/aromatic N) is 1. The van der Waals surface area contributed by atoms with Gasteiger partial charge in [-0.15, -0.1) is 0 Å². The average Bonchev–Trinajstić information content (AvgIpc) is 2.68. The Balaban J connectivity index is 2.13. The second-order valence-corrected chi connectivity index (χ2v) is 6.11. The smallest absolute Gasteiger partial charge is 0.267 e. The van der Waals surface area contributed by atoms with Crippen molar-refractivity contribution in [2.24, 2.45) is 0 Å². The zero-order valence-electron chi connectivity index (χ0n) is 15.9. The van der Waals surface area contributed by atoms with Crippen molar-refractivity contribution in [1.29, 1.82) is 5.26 Å². The Kier molecular flexibility index (Phi) is 6.84. The Morgan fingerprint density at radius 2 is 1.81 bits per heavy atom. The predicted molar refractivity (Wildman–Crippen MR) is 106 cm³/mol. The number of nitrogens with one attached hydrogen (secondary N) is 2. The van der Waals surface area contributed by atoms with E-state index in [0.717, 1.165) is 5.69 Å². The molecule has 0 radical (unpaired) electrons. The number of hydrogen-bond acceptors (Lipinski definition) is 5. The van der Waals surface area contributed by atoms with Gasteiger partial charge in [0.1, 0.15) is 23.1 Å². The molecule has 1 amide bonds. The summed E-state index contributed by atoms with van der Waals surface area (Å²) in [5.74, 6) is 0.930. The molecule has 0 atom stereocenters. The highest BCUT2D eigenvalue weighted by molar-refractivity contribution is 6.07. The van der Waals surface area contributed by atoms with E-state index < -0.39 is 5.91 Å². The molecule has 2 N–H and O–H groups in total. The molecule has 6 heteroatoms. The van der Waals surface area contributed by atoms with E-state index in [4.69, 9.17) is 9.47 Å². The number of rotatable bonds is 7. The predicted octanol–water partition coefficient (Wildman–Crippen LogP) is 4.29. The summed E-state index contributed by atoms with van der Waals surface area (Å²) in [5.41, 5.74) is 2.36. The minimum atomic E-state index is -0.546. The van der Waals surface area contributed by atoms with Crippen molar-refractivity contribution in [2.75, 3.05) is 24.9 Å². The molecular formula is C21H23N3O3. The fourth-order valence-electron chi connectivity index (χ4n) is 2.37. The molecule has 2 aromatic carbocycles. The van der Waals surface area contributed by atoms with Crippen LogP contribution in [0.3, 0.4) is 0 Å². The first-order valence-electron chi connectivity index (χ1n) is 8.48. The lowest BCUT2D eigenvalue weighted by atomic mass is 10.0. The molecule has 0 aromatic heterocycles. The first kappa shape index (κ1) is 19.9. The van der Waals surface area contributed by atoms with Gasteiger partial charge in [0.15, 0.2) is 0 Å². The van der Waals surface area contributed by atoms with Crippen LogP contribution >= 0.6 is 0 Å². The molecule has 0 aliphatic rings. The van der Waals surface area contributed by atoms with Crippen molar-refractivity contribution in [2.45, 2.75) is 19.8 Å². The third kappa shape index (κ3) is 5.25. The number of amides is 1. The lowest BCUT2D eigenvalue weighted by Crippen LogP contribution is -2.15. The molecule has 27 heavy (non-hydrogen) atoms. The lowest BCUT2D eigenvalue weighted by Gasteiger charge is -2.11. The van der Waals surface area contributed by atoms with E-state index in [1.807, 2.05) is 30.3 Å². The first-order valence-corrected chi connectivity index (χ1v) is 8.48.